The number of benzene rings is 1. The minimum absolute atomic E-state index is 0.183. The number of halogens is 2. The lowest BCUT2D eigenvalue weighted by molar-refractivity contribution is -0.146. The lowest BCUT2D eigenvalue weighted by Crippen LogP contribution is -2.47. The van der Waals surface area contributed by atoms with Crippen LogP contribution in [0.25, 0.3) is 0 Å². The number of piperazine rings is 1. The van der Waals surface area contributed by atoms with Crippen LogP contribution in [-0.2, 0) is 9.53 Å². The third-order valence-electron chi connectivity index (χ3n) is 5.01. The van der Waals surface area contributed by atoms with Gasteiger partial charge >= 0.3 is 5.97 Å². The number of rotatable bonds is 8. The van der Waals surface area contributed by atoms with Crippen LogP contribution in [0, 0.1) is 17.6 Å². The fourth-order valence-corrected chi connectivity index (χ4v) is 3.37. The first kappa shape index (κ1) is 21.8. The normalized spacial score (nSPS) is 15.6. The quantitative estimate of drug-likeness (QED) is 0.370. The summed E-state index contributed by atoms with van der Waals surface area (Å²) < 4.78 is 31.2. The van der Waals surface area contributed by atoms with Gasteiger partial charge in [-0.3, -0.25) is 14.5 Å². The SMILES string of the molecule is CCOC(=O)C(CCN1CCN(c2ncc(F)cn2)CC1)C(=O)c1ccc(F)cc1. The summed E-state index contributed by atoms with van der Waals surface area (Å²) in [5.41, 5.74) is 0.285. The molecule has 2 heterocycles. The Hall–Kier alpha value is -2.94. The van der Waals surface area contributed by atoms with Crippen LogP contribution < -0.4 is 4.90 Å². The Bertz CT molecular complexity index is 854. The molecule has 0 amide bonds. The molecule has 160 valence electrons. The zero-order chi connectivity index (χ0) is 21.5. The molecule has 9 heteroatoms. The molecule has 0 N–H and O–H groups in total. The van der Waals surface area contributed by atoms with Gasteiger partial charge in [0.2, 0.25) is 5.95 Å². The molecule has 0 spiro atoms. The van der Waals surface area contributed by atoms with Crippen LogP contribution in [0.1, 0.15) is 23.7 Å². The zero-order valence-corrected chi connectivity index (χ0v) is 16.8. The van der Waals surface area contributed by atoms with Gasteiger partial charge in [0.25, 0.3) is 0 Å². The topological polar surface area (TPSA) is 75.6 Å². The standard InChI is InChI=1S/C21H24F2N4O3/c1-2-30-20(29)18(19(28)15-3-5-16(22)6-4-15)7-8-26-9-11-27(12-10-26)21-24-13-17(23)14-25-21/h3-6,13-14,18H,2,7-12H2,1H3. The smallest absolute Gasteiger partial charge is 0.316 e. The van der Waals surface area contributed by atoms with E-state index in [9.17, 15) is 18.4 Å². The van der Waals surface area contributed by atoms with E-state index in [1.165, 1.54) is 24.3 Å². The van der Waals surface area contributed by atoms with Crippen molar-refractivity contribution in [2.24, 2.45) is 5.92 Å². The van der Waals surface area contributed by atoms with Crippen molar-refractivity contribution in [2.45, 2.75) is 13.3 Å². The lowest BCUT2D eigenvalue weighted by Gasteiger charge is -2.35. The molecule has 1 saturated heterocycles. The van der Waals surface area contributed by atoms with Crippen LogP contribution in [0.4, 0.5) is 14.7 Å². The second-order valence-electron chi connectivity index (χ2n) is 6.99. The Morgan fingerprint density at radius 1 is 1.03 bits per heavy atom. The van der Waals surface area contributed by atoms with Crippen molar-refractivity contribution >= 4 is 17.7 Å². The molecule has 0 aliphatic carbocycles. The van der Waals surface area contributed by atoms with Crippen molar-refractivity contribution in [1.82, 2.24) is 14.9 Å². The fourth-order valence-electron chi connectivity index (χ4n) is 3.37. The van der Waals surface area contributed by atoms with Gasteiger partial charge < -0.3 is 9.64 Å². The van der Waals surface area contributed by atoms with Gasteiger partial charge in [-0.1, -0.05) is 0 Å². The van der Waals surface area contributed by atoms with Gasteiger partial charge in [-0.15, -0.1) is 0 Å². The highest BCUT2D eigenvalue weighted by molar-refractivity contribution is 6.08. The van der Waals surface area contributed by atoms with E-state index in [1.807, 2.05) is 4.90 Å². The Labute approximate surface area is 173 Å². The van der Waals surface area contributed by atoms with E-state index in [0.29, 0.717) is 45.1 Å². The highest BCUT2D eigenvalue weighted by Crippen LogP contribution is 2.18. The highest BCUT2D eigenvalue weighted by Gasteiger charge is 2.30. The maximum atomic E-state index is 13.2. The van der Waals surface area contributed by atoms with Crippen molar-refractivity contribution in [2.75, 3.05) is 44.2 Å². The van der Waals surface area contributed by atoms with Gasteiger partial charge in [0.1, 0.15) is 11.7 Å². The number of carbonyl (C=O) groups is 2. The van der Waals surface area contributed by atoms with Crippen LogP contribution in [-0.4, -0.2) is 66.0 Å². The van der Waals surface area contributed by atoms with E-state index in [-0.39, 0.29) is 18.0 Å². The summed E-state index contributed by atoms with van der Waals surface area (Å²) in [6, 6.07) is 5.16. The molecular weight excluding hydrogens is 394 g/mol. The van der Waals surface area contributed by atoms with Gasteiger partial charge in [-0.05, 0) is 44.2 Å². The van der Waals surface area contributed by atoms with Gasteiger partial charge in [0, 0.05) is 31.7 Å². The van der Waals surface area contributed by atoms with Crippen LogP contribution >= 0.6 is 0 Å². The number of nitrogens with zero attached hydrogens (tertiary/aromatic N) is 4. The molecule has 7 nitrogen and oxygen atoms in total. The van der Waals surface area contributed by atoms with E-state index < -0.39 is 23.5 Å². The lowest BCUT2D eigenvalue weighted by atomic mass is 9.94. The molecule has 2 aromatic rings. The maximum Gasteiger partial charge on any atom is 0.316 e. The molecule has 1 aliphatic heterocycles. The zero-order valence-electron chi connectivity index (χ0n) is 16.8. The van der Waals surface area contributed by atoms with Crippen molar-refractivity contribution < 1.29 is 23.1 Å². The largest absolute Gasteiger partial charge is 0.465 e. The van der Waals surface area contributed by atoms with Crippen LogP contribution in [0.15, 0.2) is 36.7 Å². The number of anilines is 1. The van der Waals surface area contributed by atoms with Gasteiger partial charge in [0.15, 0.2) is 11.6 Å². The molecule has 1 atom stereocenters. The third kappa shape index (κ3) is 5.56. The minimum atomic E-state index is -0.936. The molecule has 30 heavy (non-hydrogen) atoms. The molecule has 1 aromatic carbocycles. The summed E-state index contributed by atoms with van der Waals surface area (Å²) in [4.78, 5) is 37.3. The minimum Gasteiger partial charge on any atom is -0.465 e. The summed E-state index contributed by atoms with van der Waals surface area (Å²) in [5, 5.41) is 0. The van der Waals surface area contributed by atoms with Gasteiger partial charge in [0.05, 0.1) is 19.0 Å². The third-order valence-corrected chi connectivity index (χ3v) is 5.01. The Morgan fingerprint density at radius 3 is 2.27 bits per heavy atom. The highest BCUT2D eigenvalue weighted by atomic mass is 19.1. The number of ketones is 1. The summed E-state index contributed by atoms with van der Waals surface area (Å²) >= 11 is 0. The number of aromatic nitrogens is 2. The molecule has 1 aromatic heterocycles. The molecule has 1 fully saturated rings. The second-order valence-corrected chi connectivity index (χ2v) is 6.99. The van der Waals surface area contributed by atoms with Crippen LogP contribution in [0.5, 0.6) is 0 Å². The second kappa shape index (κ2) is 10.2. The molecule has 1 unspecified atom stereocenters. The summed E-state index contributed by atoms with van der Waals surface area (Å²) in [6.45, 7) is 5.11. The van der Waals surface area contributed by atoms with E-state index in [2.05, 4.69) is 14.9 Å². The first-order valence-electron chi connectivity index (χ1n) is 9.89. The number of hydrogen-bond acceptors (Lipinski definition) is 7. The summed E-state index contributed by atoms with van der Waals surface area (Å²) in [7, 11) is 0. The number of esters is 1. The number of ether oxygens (including phenoxy) is 1. The first-order chi connectivity index (χ1) is 14.5. The van der Waals surface area contributed by atoms with Gasteiger partial charge in [-0.25, -0.2) is 18.7 Å². The van der Waals surface area contributed by atoms with Crippen molar-refractivity contribution in [3.05, 3.63) is 53.9 Å². The molecule has 0 saturated carbocycles. The monoisotopic (exact) mass is 418 g/mol. The molecule has 0 bridgehead atoms. The molecular formula is C21H24F2N4O3. The molecule has 0 radical (unpaired) electrons. The first-order valence-corrected chi connectivity index (χ1v) is 9.89. The van der Waals surface area contributed by atoms with E-state index >= 15 is 0 Å². The van der Waals surface area contributed by atoms with Crippen molar-refractivity contribution in [1.29, 1.82) is 0 Å². The van der Waals surface area contributed by atoms with Gasteiger partial charge in [-0.2, -0.15) is 0 Å². The Kier molecular flexibility index (Phi) is 7.40. The summed E-state index contributed by atoms with van der Waals surface area (Å²) in [6.07, 6.45) is 2.58. The number of hydrogen-bond donors (Lipinski definition) is 0. The Morgan fingerprint density at radius 2 is 1.67 bits per heavy atom. The average Bonchev–Trinajstić information content (AvgIpc) is 2.75. The average molecular weight is 418 g/mol. The van der Waals surface area contributed by atoms with Crippen molar-refractivity contribution in [3.63, 3.8) is 0 Å². The van der Waals surface area contributed by atoms with Crippen molar-refractivity contribution in [3.8, 4) is 0 Å². The van der Waals surface area contributed by atoms with E-state index in [0.717, 1.165) is 12.4 Å². The van der Waals surface area contributed by atoms with Crippen LogP contribution in [0.3, 0.4) is 0 Å². The maximum absolute atomic E-state index is 13.2. The Balaban J connectivity index is 1.57. The van der Waals surface area contributed by atoms with Crippen LogP contribution in [0.2, 0.25) is 0 Å². The number of carbonyl (C=O) groups excluding carboxylic acids is 2. The predicted octanol–water partition coefficient (Wildman–Crippen LogP) is 2.33. The number of Topliss-reactive ketones (excluding diaryl/α,β-unsaturated/α-hetero) is 1. The van der Waals surface area contributed by atoms with E-state index in [1.54, 1.807) is 6.92 Å². The molecule has 1 aliphatic rings. The van der Waals surface area contributed by atoms with E-state index in [4.69, 9.17) is 4.74 Å². The predicted molar refractivity (Wildman–Crippen MR) is 106 cm³/mol. The summed E-state index contributed by atoms with van der Waals surface area (Å²) in [5.74, 6) is -2.31. The fraction of sp³-hybridized carbons (Fsp3) is 0.429. The molecule has 3 rings (SSSR count).